The Kier molecular flexibility index (Phi) is 5.95. The van der Waals surface area contributed by atoms with Crippen LogP contribution in [0.4, 0.5) is 0 Å². The quantitative estimate of drug-likeness (QED) is 0.479. The molecule has 0 aliphatic carbocycles. The van der Waals surface area contributed by atoms with Crippen LogP contribution in [0.2, 0.25) is 0 Å². The van der Waals surface area contributed by atoms with Crippen LogP contribution in [0.15, 0.2) is 53.3 Å². The van der Waals surface area contributed by atoms with Crippen LogP contribution in [0.25, 0.3) is 17.3 Å². The van der Waals surface area contributed by atoms with E-state index in [1.165, 1.54) is 6.20 Å². The number of hydrogen-bond donors (Lipinski definition) is 1. The molecule has 1 amide bonds. The molecule has 1 aromatic carbocycles. The number of nitrogens with zero attached hydrogens (tertiary/aromatic N) is 5. The van der Waals surface area contributed by atoms with Crippen molar-refractivity contribution in [2.75, 3.05) is 7.11 Å². The summed E-state index contributed by atoms with van der Waals surface area (Å²) >= 11 is 0. The predicted octanol–water partition coefficient (Wildman–Crippen LogP) is 3.86. The second kappa shape index (κ2) is 8.85. The van der Waals surface area contributed by atoms with Crippen molar-refractivity contribution in [2.45, 2.75) is 39.7 Å². The predicted molar refractivity (Wildman–Crippen MR) is 122 cm³/mol. The highest BCUT2D eigenvalue weighted by Crippen LogP contribution is 2.24. The third-order valence-corrected chi connectivity index (χ3v) is 5.20. The van der Waals surface area contributed by atoms with Gasteiger partial charge in [-0.3, -0.25) is 4.79 Å². The average molecular weight is 447 g/mol. The SMILES string of the molecule is COc1ccccc1CNC(=O)c1cnn(-c2ccc(-c3nc(C(C)(C)C)no3)cn2)c1C. The Bertz CT molecular complexity index is 1270. The van der Waals surface area contributed by atoms with Gasteiger partial charge in [0.1, 0.15) is 5.75 Å². The summed E-state index contributed by atoms with van der Waals surface area (Å²) in [4.78, 5) is 21.7. The summed E-state index contributed by atoms with van der Waals surface area (Å²) in [7, 11) is 1.61. The largest absolute Gasteiger partial charge is 0.496 e. The van der Waals surface area contributed by atoms with Crippen LogP contribution in [-0.2, 0) is 12.0 Å². The van der Waals surface area contributed by atoms with Crippen LogP contribution < -0.4 is 10.1 Å². The van der Waals surface area contributed by atoms with Gasteiger partial charge in [0.15, 0.2) is 11.6 Å². The number of nitrogens with one attached hydrogen (secondary N) is 1. The van der Waals surface area contributed by atoms with Crippen LogP contribution >= 0.6 is 0 Å². The molecule has 9 nitrogen and oxygen atoms in total. The summed E-state index contributed by atoms with van der Waals surface area (Å²) in [6.07, 6.45) is 3.19. The number of hydrogen-bond acceptors (Lipinski definition) is 7. The Morgan fingerprint density at radius 2 is 1.94 bits per heavy atom. The second-order valence-electron chi connectivity index (χ2n) is 8.63. The molecule has 1 N–H and O–H groups in total. The number of rotatable bonds is 6. The molecule has 4 rings (SSSR count). The standard InChI is InChI=1S/C24H26N6O3/c1-15-18(21(31)26-12-16-8-6-7-9-19(16)32-5)14-27-30(15)20-11-10-17(13-25-20)22-28-23(29-33-22)24(2,3)4/h6-11,13-14H,12H2,1-5H3,(H,26,31). The molecule has 3 aromatic heterocycles. The lowest BCUT2D eigenvalue weighted by Crippen LogP contribution is -2.23. The first-order valence-corrected chi connectivity index (χ1v) is 10.5. The van der Waals surface area contributed by atoms with Crippen molar-refractivity contribution in [1.82, 2.24) is 30.2 Å². The van der Waals surface area contributed by atoms with Crippen molar-refractivity contribution in [2.24, 2.45) is 0 Å². The zero-order valence-electron chi connectivity index (χ0n) is 19.3. The lowest BCUT2D eigenvalue weighted by atomic mass is 9.96. The van der Waals surface area contributed by atoms with Gasteiger partial charge in [-0.2, -0.15) is 10.1 Å². The number of amides is 1. The van der Waals surface area contributed by atoms with Gasteiger partial charge in [0.2, 0.25) is 0 Å². The Labute approximate surface area is 191 Å². The summed E-state index contributed by atoms with van der Waals surface area (Å²) in [6.45, 7) is 8.24. The first-order valence-electron chi connectivity index (χ1n) is 10.5. The van der Waals surface area contributed by atoms with Gasteiger partial charge in [-0.1, -0.05) is 44.1 Å². The summed E-state index contributed by atoms with van der Waals surface area (Å²) in [6, 6.07) is 11.2. The Morgan fingerprint density at radius 1 is 1.15 bits per heavy atom. The zero-order valence-corrected chi connectivity index (χ0v) is 19.3. The lowest BCUT2D eigenvalue weighted by Gasteiger charge is -2.10. The van der Waals surface area contributed by atoms with Crippen molar-refractivity contribution in [1.29, 1.82) is 0 Å². The maximum absolute atomic E-state index is 12.8. The van der Waals surface area contributed by atoms with E-state index >= 15 is 0 Å². The molecular formula is C24H26N6O3. The van der Waals surface area contributed by atoms with Crippen molar-refractivity contribution in [3.8, 4) is 23.0 Å². The fourth-order valence-corrected chi connectivity index (χ4v) is 3.27. The number of aromatic nitrogens is 5. The first kappa shape index (κ1) is 22.2. The summed E-state index contributed by atoms with van der Waals surface area (Å²) in [5, 5.41) is 11.3. The van der Waals surface area contributed by atoms with Gasteiger partial charge in [-0.05, 0) is 25.1 Å². The normalized spacial score (nSPS) is 11.4. The van der Waals surface area contributed by atoms with Crippen LogP contribution in [-0.4, -0.2) is 37.9 Å². The van der Waals surface area contributed by atoms with E-state index in [1.54, 1.807) is 24.1 Å². The van der Waals surface area contributed by atoms with Gasteiger partial charge >= 0.3 is 0 Å². The van der Waals surface area contributed by atoms with Gasteiger partial charge < -0.3 is 14.6 Å². The molecule has 3 heterocycles. The number of pyridine rings is 1. The van der Waals surface area contributed by atoms with Crippen molar-refractivity contribution in [3.05, 3.63) is 71.4 Å². The molecule has 0 saturated heterocycles. The van der Waals surface area contributed by atoms with Crippen LogP contribution in [0.3, 0.4) is 0 Å². The van der Waals surface area contributed by atoms with E-state index in [0.29, 0.717) is 40.9 Å². The highest BCUT2D eigenvalue weighted by atomic mass is 16.5. The van der Waals surface area contributed by atoms with Gasteiger partial charge in [0.05, 0.1) is 30.1 Å². The Morgan fingerprint density at radius 3 is 2.61 bits per heavy atom. The number of methoxy groups -OCH3 is 1. The first-order chi connectivity index (χ1) is 15.8. The molecule has 0 fully saturated rings. The minimum atomic E-state index is -0.221. The van der Waals surface area contributed by atoms with E-state index in [4.69, 9.17) is 9.26 Å². The maximum atomic E-state index is 12.8. The monoisotopic (exact) mass is 446 g/mol. The molecule has 33 heavy (non-hydrogen) atoms. The molecule has 0 radical (unpaired) electrons. The van der Waals surface area contributed by atoms with Crippen molar-refractivity contribution < 1.29 is 14.1 Å². The Balaban J connectivity index is 1.49. The van der Waals surface area contributed by atoms with E-state index in [0.717, 1.165) is 11.3 Å². The summed E-state index contributed by atoms with van der Waals surface area (Å²) < 4.78 is 12.3. The summed E-state index contributed by atoms with van der Waals surface area (Å²) in [5.41, 5.74) is 2.56. The highest BCUT2D eigenvalue weighted by Gasteiger charge is 2.22. The lowest BCUT2D eigenvalue weighted by molar-refractivity contribution is 0.0950. The van der Waals surface area contributed by atoms with Crippen molar-refractivity contribution in [3.63, 3.8) is 0 Å². The molecule has 0 aliphatic rings. The third-order valence-electron chi connectivity index (χ3n) is 5.20. The number of carbonyl (C=O) groups excluding carboxylic acids is 1. The molecular weight excluding hydrogens is 420 g/mol. The zero-order chi connectivity index (χ0) is 23.6. The minimum absolute atomic E-state index is 0.204. The molecule has 0 aliphatic heterocycles. The van der Waals surface area contributed by atoms with E-state index < -0.39 is 0 Å². The number of ether oxygens (including phenoxy) is 1. The van der Waals surface area contributed by atoms with Gasteiger partial charge in [0.25, 0.3) is 11.8 Å². The topological polar surface area (TPSA) is 108 Å². The highest BCUT2D eigenvalue weighted by molar-refractivity contribution is 5.95. The number of para-hydroxylation sites is 1. The minimum Gasteiger partial charge on any atom is -0.496 e. The van der Waals surface area contributed by atoms with E-state index in [9.17, 15) is 4.79 Å². The molecule has 0 atom stereocenters. The van der Waals surface area contributed by atoms with E-state index in [1.807, 2.05) is 58.0 Å². The molecule has 0 spiro atoms. The fraction of sp³-hybridized carbons (Fsp3) is 0.292. The molecule has 0 saturated carbocycles. The van der Waals surface area contributed by atoms with Gasteiger partial charge in [-0.25, -0.2) is 9.67 Å². The molecule has 4 aromatic rings. The van der Waals surface area contributed by atoms with Crippen LogP contribution in [0.5, 0.6) is 5.75 Å². The Hall–Kier alpha value is -4.01. The van der Waals surface area contributed by atoms with Gasteiger partial charge in [0, 0.05) is 23.7 Å². The van der Waals surface area contributed by atoms with Gasteiger partial charge in [-0.15, -0.1) is 0 Å². The summed E-state index contributed by atoms with van der Waals surface area (Å²) in [5.74, 6) is 2.13. The molecule has 0 bridgehead atoms. The number of benzene rings is 1. The third kappa shape index (κ3) is 4.62. The van der Waals surface area contributed by atoms with Crippen LogP contribution in [0, 0.1) is 6.92 Å². The van der Waals surface area contributed by atoms with E-state index in [2.05, 4.69) is 25.5 Å². The average Bonchev–Trinajstić information content (AvgIpc) is 3.45. The fourth-order valence-electron chi connectivity index (χ4n) is 3.27. The second-order valence-corrected chi connectivity index (χ2v) is 8.63. The molecule has 170 valence electrons. The number of carbonyl (C=O) groups is 1. The van der Waals surface area contributed by atoms with E-state index in [-0.39, 0.29) is 11.3 Å². The maximum Gasteiger partial charge on any atom is 0.259 e. The molecule has 9 heteroatoms. The van der Waals surface area contributed by atoms with Crippen LogP contribution in [0.1, 0.15) is 48.2 Å². The van der Waals surface area contributed by atoms with Crippen molar-refractivity contribution >= 4 is 5.91 Å². The smallest absolute Gasteiger partial charge is 0.259 e. The molecule has 0 unspecified atom stereocenters.